The number of furan rings is 1. The molecule has 0 fully saturated rings. The van der Waals surface area contributed by atoms with Gasteiger partial charge in [0.05, 0.1) is 11.8 Å². The molecule has 0 aliphatic carbocycles. The minimum Gasteiger partial charge on any atom is -0.457 e. The summed E-state index contributed by atoms with van der Waals surface area (Å²) in [4.78, 5) is 14.1. The second-order valence-corrected chi connectivity index (χ2v) is 5.15. The normalized spacial score (nSPS) is 10.5. The van der Waals surface area contributed by atoms with Crippen molar-refractivity contribution < 1.29 is 9.21 Å². The monoisotopic (exact) mass is 341 g/mol. The van der Waals surface area contributed by atoms with Gasteiger partial charge in [0.25, 0.3) is 5.91 Å². The highest BCUT2D eigenvalue weighted by Gasteiger charge is 2.19. The number of amides is 1. The molecular formula is C14H13BrClNO2. The molecule has 19 heavy (non-hydrogen) atoms. The van der Waals surface area contributed by atoms with Crippen LogP contribution < -0.4 is 0 Å². The van der Waals surface area contributed by atoms with Gasteiger partial charge in [-0.3, -0.25) is 4.79 Å². The average Bonchev–Trinajstić information content (AvgIpc) is 2.83. The Bertz CT molecular complexity index is 582. The zero-order valence-electron chi connectivity index (χ0n) is 10.4. The van der Waals surface area contributed by atoms with E-state index in [0.717, 1.165) is 5.56 Å². The molecule has 0 spiro atoms. The molecule has 0 aliphatic rings. The molecule has 1 amide bonds. The van der Waals surface area contributed by atoms with Crippen LogP contribution in [-0.2, 0) is 6.54 Å². The van der Waals surface area contributed by atoms with Crippen molar-refractivity contribution in [1.82, 2.24) is 4.90 Å². The summed E-state index contributed by atoms with van der Waals surface area (Å²) in [7, 11) is 0. The van der Waals surface area contributed by atoms with E-state index in [-0.39, 0.29) is 5.91 Å². The third-order valence-corrected chi connectivity index (χ3v) is 3.82. The largest absolute Gasteiger partial charge is 0.457 e. The summed E-state index contributed by atoms with van der Waals surface area (Å²) in [6.45, 7) is 3.01. The molecule has 0 unspecified atom stereocenters. The van der Waals surface area contributed by atoms with Gasteiger partial charge in [0.1, 0.15) is 0 Å². The zero-order chi connectivity index (χ0) is 13.8. The Morgan fingerprint density at radius 1 is 1.37 bits per heavy atom. The fourth-order valence-electron chi connectivity index (χ4n) is 1.78. The van der Waals surface area contributed by atoms with Crippen LogP contribution in [0.15, 0.2) is 45.7 Å². The molecule has 0 atom stereocenters. The third kappa shape index (κ3) is 3.19. The van der Waals surface area contributed by atoms with Crippen LogP contribution in [0.25, 0.3) is 0 Å². The number of hydrogen-bond acceptors (Lipinski definition) is 2. The minimum atomic E-state index is -0.0805. The lowest BCUT2D eigenvalue weighted by Gasteiger charge is -2.21. The van der Waals surface area contributed by atoms with Gasteiger partial charge in [-0.25, -0.2) is 0 Å². The maximum atomic E-state index is 12.4. The van der Waals surface area contributed by atoms with Crippen molar-refractivity contribution in [1.29, 1.82) is 0 Å². The maximum Gasteiger partial charge on any atom is 0.258 e. The van der Waals surface area contributed by atoms with Gasteiger partial charge in [-0.05, 0) is 40.5 Å². The quantitative estimate of drug-likeness (QED) is 0.827. The summed E-state index contributed by atoms with van der Waals surface area (Å²) in [5.74, 6) is -0.0805. The standard InChI is InChI=1S/C14H13BrClNO2/c1-2-17(9-10-5-3-4-6-12(10)16)14(18)11-7-8-19-13(11)15/h3-8H,2,9H2,1H3. The average molecular weight is 343 g/mol. The Kier molecular flexibility index (Phi) is 4.66. The molecule has 0 radical (unpaired) electrons. The van der Waals surface area contributed by atoms with Crippen LogP contribution in [0.5, 0.6) is 0 Å². The molecule has 3 nitrogen and oxygen atoms in total. The summed E-state index contributed by atoms with van der Waals surface area (Å²) in [6.07, 6.45) is 1.49. The molecule has 2 rings (SSSR count). The lowest BCUT2D eigenvalue weighted by atomic mass is 10.2. The second-order valence-electron chi connectivity index (χ2n) is 4.02. The van der Waals surface area contributed by atoms with Gasteiger partial charge >= 0.3 is 0 Å². The number of hydrogen-bond donors (Lipinski definition) is 0. The van der Waals surface area contributed by atoms with Crippen LogP contribution in [-0.4, -0.2) is 17.4 Å². The van der Waals surface area contributed by atoms with Crippen molar-refractivity contribution in [2.75, 3.05) is 6.54 Å². The zero-order valence-corrected chi connectivity index (χ0v) is 12.7. The number of carbonyl (C=O) groups is 1. The van der Waals surface area contributed by atoms with E-state index in [4.69, 9.17) is 16.0 Å². The van der Waals surface area contributed by atoms with Crippen LogP contribution in [0.4, 0.5) is 0 Å². The number of carbonyl (C=O) groups excluding carboxylic acids is 1. The van der Waals surface area contributed by atoms with E-state index >= 15 is 0 Å². The summed E-state index contributed by atoms with van der Waals surface area (Å²) in [6, 6.07) is 9.18. The first-order chi connectivity index (χ1) is 9.13. The van der Waals surface area contributed by atoms with E-state index < -0.39 is 0 Å². The van der Waals surface area contributed by atoms with Crippen molar-refractivity contribution in [3.05, 3.63) is 57.4 Å². The van der Waals surface area contributed by atoms with Crippen LogP contribution in [0.1, 0.15) is 22.8 Å². The van der Waals surface area contributed by atoms with Crippen molar-refractivity contribution in [2.45, 2.75) is 13.5 Å². The van der Waals surface area contributed by atoms with Gasteiger partial charge in [0.2, 0.25) is 0 Å². The molecule has 2 aromatic rings. The Labute approximate surface area is 125 Å². The van der Waals surface area contributed by atoms with E-state index in [1.807, 2.05) is 31.2 Å². The van der Waals surface area contributed by atoms with Crippen molar-refractivity contribution in [3.8, 4) is 0 Å². The number of rotatable bonds is 4. The Balaban J connectivity index is 2.20. The molecule has 0 saturated carbocycles. The molecule has 5 heteroatoms. The molecule has 100 valence electrons. The van der Waals surface area contributed by atoms with E-state index in [1.54, 1.807) is 11.0 Å². The Morgan fingerprint density at radius 3 is 2.68 bits per heavy atom. The van der Waals surface area contributed by atoms with E-state index in [1.165, 1.54) is 6.26 Å². The first-order valence-corrected chi connectivity index (χ1v) is 7.06. The third-order valence-electron chi connectivity index (χ3n) is 2.84. The summed E-state index contributed by atoms with van der Waals surface area (Å²) >= 11 is 9.34. The maximum absolute atomic E-state index is 12.4. The van der Waals surface area contributed by atoms with Gasteiger partial charge < -0.3 is 9.32 Å². The number of halogens is 2. The molecule has 0 saturated heterocycles. The van der Waals surface area contributed by atoms with Crippen LogP contribution in [0.3, 0.4) is 0 Å². The first-order valence-electron chi connectivity index (χ1n) is 5.89. The Hall–Kier alpha value is -1.26. The molecule has 1 aromatic heterocycles. The highest BCUT2D eigenvalue weighted by Crippen LogP contribution is 2.22. The predicted octanol–water partition coefficient (Wildman–Crippen LogP) is 4.36. The van der Waals surface area contributed by atoms with Crippen molar-refractivity contribution in [2.24, 2.45) is 0 Å². The summed E-state index contributed by atoms with van der Waals surface area (Å²) in [5, 5.41) is 0.667. The smallest absolute Gasteiger partial charge is 0.258 e. The van der Waals surface area contributed by atoms with Crippen LogP contribution in [0.2, 0.25) is 5.02 Å². The van der Waals surface area contributed by atoms with Crippen molar-refractivity contribution in [3.63, 3.8) is 0 Å². The van der Waals surface area contributed by atoms with Crippen molar-refractivity contribution >= 4 is 33.4 Å². The first kappa shape index (κ1) is 14.2. The highest BCUT2D eigenvalue weighted by atomic mass is 79.9. The Morgan fingerprint density at radius 2 is 2.11 bits per heavy atom. The van der Waals surface area contributed by atoms with E-state index in [9.17, 15) is 4.79 Å². The minimum absolute atomic E-state index is 0.0805. The van der Waals surface area contributed by atoms with Gasteiger partial charge in [-0.1, -0.05) is 29.8 Å². The molecule has 1 heterocycles. The predicted molar refractivity (Wildman–Crippen MR) is 78.3 cm³/mol. The molecule has 1 aromatic carbocycles. The lowest BCUT2D eigenvalue weighted by molar-refractivity contribution is 0.0750. The lowest BCUT2D eigenvalue weighted by Crippen LogP contribution is -2.30. The summed E-state index contributed by atoms with van der Waals surface area (Å²) < 4.78 is 5.55. The van der Waals surface area contributed by atoms with Gasteiger partial charge in [0, 0.05) is 18.1 Å². The van der Waals surface area contributed by atoms with Crippen LogP contribution in [0, 0.1) is 0 Å². The van der Waals surface area contributed by atoms with Crippen LogP contribution >= 0.6 is 27.5 Å². The van der Waals surface area contributed by atoms with Gasteiger partial charge in [-0.2, -0.15) is 0 Å². The topological polar surface area (TPSA) is 33.5 Å². The molecular weight excluding hydrogens is 330 g/mol. The van der Waals surface area contributed by atoms with E-state index in [2.05, 4.69) is 15.9 Å². The fraction of sp³-hybridized carbons (Fsp3) is 0.214. The summed E-state index contributed by atoms with van der Waals surface area (Å²) in [5.41, 5.74) is 1.45. The van der Waals surface area contributed by atoms with Gasteiger partial charge in [0.15, 0.2) is 4.67 Å². The molecule has 0 N–H and O–H groups in total. The highest BCUT2D eigenvalue weighted by molar-refractivity contribution is 9.10. The SMILES string of the molecule is CCN(Cc1ccccc1Cl)C(=O)c1ccoc1Br. The molecule has 0 bridgehead atoms. The van der Waals surface area contributed by atoms with E-state index in [0.29, 0.717) is 28.3 Å². The number of nitrogens with zero attached hydrogens (tertiary/aromatic N) is 1. The van der Waals surface area contributed by atoms with Gasteiger partial charge in [-0.15, -0.1) is 0 Å². The number of benzene rings is 1. The second kappa shape index (κ2) is 6.26. The molecule has 0 aliphatic heterocycles. The fourth-order valence-corrected chi connectivity index (χ4v) is 2.38.